The van der Waals surface area contributed by atoms with E-state index < -0.39 is 0 Å². The van der Waals surface area contributed by atoms with Crippen LogP contribution in [-0.4, -0.2) is 36.3 Å². The number of thioether (sulfide) groups is 1. The van der Waals surface area contributed by atoms with Gasteiger partial charge in [-0.3, -0.25) is 4.79 Å². The maximum absolute atomic E-state index is 12.9. The highest BCUT2D eigenvalue weighted by atomic mass is 35.5. The van der Waals surface area contributed by atoms with Crippen LogP contribution in [0.1, 0.15) is 27.5 Å². The van der Waals surface area contributed by atoms with Gasteiger partial charge >= 0.3 is 0 Å². The van der Waals surface area contributed by atoms with Crippen LogP contribution in [0.5, 0.6) is 0 Å². The van der Waals surface area contributed by atoms with Crippen LogP contribution in [0.3, 0.4) is 0 Å². The first kappa shape index (κ1) is 19.5. The van der Waals surface area contributed by atoms with Gasteiger partial charge in [-0.05, 0) is 66.7 Å². The van der Waals surface area contributed by atoms with Crippen LogP contribution in [0.25, 0.3) is 5.69 Å². The summed E-state index contributed by atoms with van der Waals surface area (Å²) in [5.41, 5.74) is 3.41. The normalized spacial score (nSPS) is 11.1. The molecule has 0 aliphatic heterocycles. The summed E-state index contributed by atoms with van der Waals surface area (Å²) >= 11 is 7.24. The maximum atomic E-state index is 12.9. The van der Waals surface area contributed by atoms with E-state index in [2.05, 4.69) is 20.1 Å². The van der Waals surface area contributed by atoms with Crippen molar-refractivity contribution in [2.24, 2.45) is 0 Å². The fourth-order valence-electron chi connectivity index (χ4n) is 3.11. The van der Waals surface area contributed by atoms with Gasteiger partial charge in [0.2, 0.25) is 5.16 Å². The third-order valence-electron chi connectivity index (χ3n) is 4.61. The van der Waals surface area contributed by atoms with Crippen LogP contribution >= 0.6 is 23.4 Å². The molecule has 9 heteroatoms. The van der Waals surface area contributed by atoms with E-state index >= 15 is 0 Å². The summed E-state index contributed by atoms with van der Waals surface area (Å²) in [6.07, 6.45) is 1.65. The molecular formula is C20H18ClN5O2S. The average molecular weight is 428 g/mol. The maximum Gasteiger partial charge on any atom is 0.214 e. The van der Waals surface area contributed by atoms with Crippen molar-refractivity contribution in [3.05, 3.63) is 76.5 Å². The number of halogens is 1. The second kappa shape index (κ2) is 8.26. The lowest BCUT2D eigenvalue weighted by atomic mass is 10.2. The van der Waals surface area contributed by atoms with E-state index in [4.69, 9.17) is 16.0 Å². The molecule has 4 aromatic rings. The number of hydrogen-bond acceptors (Lipinski definition) is 6. The number of rotatable bonds is 7. The van der Waals surface area contributed by atoms with E-state index in [1.54, 1.807) is 23.1 Å². The van der Waals surface area contributed by atoms with E-state index in [-0.39, 0.29) is 11.5 Å². The van der Waals surface area contributed by atoms with Crippen LogP contribution in [0.4, 0.5) is 0 Å². The Morgan fingerprint density at radius 2 is 2.00 bits per heavy atom. The molecule has 0 radical (unpaired) electrons. The van der Waals surface area contributed by atoms with Crippen molar-refractivity contribution in [2.45, 2.75) is 25.5 Å². The number of aryl methyl sites for hydroxylation is 1. The van der Waals surface area contributed by atoms with E-state index in [1.165, 1.54) is 11.8 Å². The van der Waals surface area contributed by atoms with Gasteiger partial charge in [0, 0.05) is 22.0 Å². The zero-order valence-corrected chi connectivity index (χ0v) is 17.4. The molecule has 0 amide bonds. The summed E-state index contributed by atoms with van der Waals surface area (Å²) in [7, 11) is 0. The van der Waals surface area contributed by atoms with Crippen molar-refractivity contribution in [2.75, 3.05) is 5.75 Å². The second-order valence-electron chi connectivity index (χ2n) is 6.51. The molecule has 0 bridgehead atoms. The van der Waals surface area contributed by atoms with Crippen molar-refractivity contribution in [3.63, 3.8) is 0 Å². The smallest absolute Gasteiger partial charge is 0.214 e. The predicted molar refractivity (Wildman–Crippen MR) is 111 cm³/mol. The van der Waals surface area contributed by atoms with Crippen molar-refractivity contribution in [1.82, 2.24) is 24.8 Å². The lowest BCUT2D eigenvalue weighted by Crippen LogP contribution is -2.08. The zero-order chi connectivity index (χ0) is 20.4. The molecule has 29 heavy (non-hydrogen) atoms. The Bertz CT molecular complexity index is 1130. The van der Waals surface area contributed by atoms with Gasteiger partial charge in [0.15, 0.2) is 5.78 Å². The minimum atomic E-state index is 0.0273. The van der Waals surface area contributed by atoms with Crippen LogP contribution in [0.2, 0.25) is 5.02 Å². The number of aromatic nitrogens is 5. The van der Waals surface area contributed by atoms with Crippen LogP contribution in [0.15, 0.2) is 58.3 Å². The van der Waals surface area contributed by atoms with E-state index in [0.29, 0.717) is 22.3 Å². The van der Waals surface area contributed by atoms with Gasteiger partial charge in [0.25, 0.3) is 0 Å². The molecule has 3 heterocycles. The molecule has 0 N–H and O–H groups in total. The van der Waals surface area contributed by atoms with Gasteiger partial charge in [-0.15, -0.1) is 5.10 Å². The van der Waals surface area contributed by atoms with E-state index in [9.17, 15) is 4.79 Å². The number of hydrogen-bond donors (Lipinski definition) is 0. The molecule has 0 saturated heterocycles. The molecule has 7 nitrogen and oxygen atoms in total. The molecule has 0 aliphatic rings. The summed E-state index contributed by atoms with van der Waals surface area (Å²) in [4.78, 5) is 12.9. The quantitative estimate of drug-likeness (QED) is 0.322. The molecule has 0 unspecified atom stereocenters. The Labute approximate surface area is 176 Å². The number of carbonyl (C=O) groups is 1. The SMILES string of the molecule is Cc1cc(C(=O)CSc2nnnn2-c2ccc(Cl)cc2)c(C)n1Cc1ccco1. The summed E-state index contributed by atoms with van der Waals surface area (Å²) in [5, 5.41) is 13.0. The Morgan fingerprint density at radius 3 is 2.72 bits per heavy atom. The lowest BCUT2D eigenvalue weighted by molar-refractivity contribution is 0.102. The van der Waals surface area contributed by atoms with Crippen molar-refractivity contribution >= 4 is 29.1 Å². The van der Waals surface area contributed by atoms with Gasteiger partial charge in [-0.1, -0.05) is 23.4 Å². The molecule has 1 aromatic carbocycles. The third kappa shape index (κ3) is 4.13. The Morgan fingerprint density at radius 1 is 1.21 bits per heavy atom. The van der Waals surface area contributed by atoms with E-state index in [0.717, 1.165) is 22.8 Å². The second-order valence-corrected chi connectivity index (χ2v) is 7.89. The molecule has 3 aromatic heterocycles. The van der Waals surface area contributed by atoms with Gasteiger partial charge in [-0.25, -0.2) is 0 Å². The molecule has 0 spiro atoms. The highest BCUT2D eigenvalue weighted by Crippen LogP contribution is 2.23. The lowest BCUT2D eigenvalue weighted by Gasteiger charge is -2.08. The van der Waals surface area contributed by atoms with Crippen molar-refractivity contribution in [1.29, 1.82) is 0 Å². The molecule has 0 fully saturated rings. The summed E-state index contributed by atoms with van der Waals surface area (Å²) in [5.74, 6) is 1.11. The first-order chi connectivity index (χ1) is 14.0. The highest BCUT2D eigenvalue weighted by molar-refractivity contribution is 7.99. The minimum absolute atomic E-state index is 0.0273. The number of tetrazole rings is 1. The Kier molecular flexibility index (Phi) is 5.55. The fraction of sp³-hybridized carbons (Fsp3) is 0.200. The summed E-state index contributed by atoms with van der Waals surface area (Å²) in [6.45, 7) is 4.53. The summed E-state index contributed by atoms with van der Waals surface area (Å²) in [6, 6.07) is 12.9. The van der Waals surface area contributed by atoms with Gasteiger partial charge in [0.05, 0.1) is 24.2 Å². The minimum Gasteiger partial charge on any atom is -0.467 e. The van der Waals surface area contributed by atoms with Crippen LogP contribution in [-0.2, 0) is 6.54 Å². The predicted octanol–water partition coefficient (Wildman–Crippen LogP) is 4.35. The fourth-order valence-corrected chi connectivity index (χ4v) is 4.01. The molecule has 148 valence electrons. The Balaban J connectivity index is 1.49. The van der Waals surface area contributed by atoms with Gasteiger partial charge in [0.1, 0.15) is 5.76 Å². The number of furan rings is 1. The third-order valence-corrected chi connectivity index (χ3v) is 5.78. The zero-order valence-electron chi connectivity index (χ0n) is 15.9. The topological polar surface area (TPSA) is 78.7 Å². The van der Waals surface area contributed by atoms with Gasteiger partial charge < -0.3 is 8.98 Å². The first-order valence-corrected chi connectivity index (χ1v) is 10.3. The monoisotopic (exact) mass is 427 g/mol. The highest BCUT2D eigenvalue weighted by Gasteiger charge is 2.18. The summed E-state index contributed by atoms with van der Waals surface area (Å²) < 4.78 is 9.10. The largest absolute Gasteiger partial charge is 0.467 e. The number of benzene rings is 1. The molecular weight excluding hydrogens is 410 g/mol. The molecule has 0 aliphatic carbocycles. The number of ketones is 1. The Hall–Kier alpha value is -2.84. The van der Waals surface area contributed by atoms with Crippen LogP contribution < -0.4 is 0 Å². The molecule has 0 atom stereocenters. The standard InChI is InChI=1S/C20H18ClN5O2S/c1-13-10-18(14(2)25(13)11-17-4-3-9-28-17)19(27)12-29-20-22-23-24-26(20)16-7-5-15(21)6-8-16/h3-10H,11-12H2,1-2H3. The van der Waals surface area contributed by atoms with Crippen molar-refractivity contribution in [3.8, 4) is 5.69 Å². The van der Waals surface area contributed by atoms with Crippen molar-refractivity contribution < 1.29 is 9.21 Å². The first-order valence-electron chi connectivity index (χ1n) is 8.92. The van der Waals surface area contributed by atoms with Gasteiger partial charge in [-0.2, -0.15) is 4.68 Å². The molecule has 4 rings (SSSR count). The van der Waals surface area contributed by atoms with Crippen LogP contribution in [0, 0.1) is 13.8 Å². The number of nitrogens with zero attached hydrogens (tertiary/aromatic N) is 5. The molecule has 0 saturated carbocycles. The van der Waals surface area contributed by atoms with E-state index in [1.807, 2.05) is 44.2 Å². The average Bonchev–Trinajstić information content (AvgIpc) is 3.45. The number of Topliss-reactive ketones (excluding diaryl/α,β-unsaturated/α-hetero) is 1. The number of carbonyl (C=O) groups excluding carboxylic acids is 1.